The molecule has 182 valence electrons. The Morgan fingerprint density at radius 2 is 1.47 bits per heavy atom. The average molecular weight is 447 g/mol. The molecule has 0 N–H and O–H groups in total. The smallest absolute Gasteiger partial charge is 0.308 e. The lowest BCUT2D eigenvalue weighted by Crippen LogP contribution is -2.26. The van der Waals surface area contributed by atoms with E-state index in [1.54, 1.807) is 0 Å². The number of aryl methyl sites for hydroxylation is 2. The van der Waals surface area contributed by atoms with Gasteiger partial charge in [0.15, 0.2) is 0 Å². The number of carbonyl (C=O) groups is 3. The molecule has 1 aromatic carbocycles. The highest BCUT2D eigenvalue weighted by Crippen LogP contribution is 2.38. The molecule has 0 aliphatic carbocycles. The summed E-state index contributed by atoms with van der Waals surface area (Å²) in [6.07, 6.45) is 6.04. The van der Waals surface area contributed by atoms with Crippen molar-refractivity contribution in [1.82, 2.24) is 0 Å². The summed E-state index contributed by atoms with van der Waals surface area (Å²) in [5.41, 5.74) is 2.66. The topological polar surface area (TPSA) is 60.4 Å². The fraction of sp³-hybridized carbons (Fsp3) is 0.679. The van der Waals surface area contributed by atoms with Crippen LogP contribution in [0.2, 0.25) is 0 Å². The highest BCUT2D eigenvalue weighted by Gasteiger charge is 2.30. The van der Waals surface area contributed by atoms with Crippen LogP contribution in [-0.2, 0) is 19.8 Å². The van der Waals surface area contributed by atoms with Crippen molar-refractivity contribution in [1.29, 1.82) is 0 Å². The molecular formula is C28H46O4. The predicted molar refractivity (Wildman–Crippen MR) is 133 cm³/mol. The van der Waals surface area contributed by atoms with E-state index in [0.29, 0.717) is 18.0 Å². The van der Waals surface area contributed by atoms with Gasteiger partial charge < -0.3 is 4.74 Å². The van der Waals surface area contributed by atoms with Crippen LogP contribution in [0, 0.1) is 25.7 Å². The Bertz CT molecular complexity index is 757. The number of Topliss-reactive ketones (excluding diaryl/α,β-unsaturated/α-hetero) is 2. The van der Waals surface area contributed by atoms with E-state index in [-0.39, 0.29) is 29.0 Å². The van der Waals surface area contributed by atoms with Gasteiger partial charge in [-0.05, 0) is 37.5 Å². The van der Waals surface area contributed by atoms with Crippen molar-refractivity contribution in [3.05, 3.63) is 28.8 Å². The van der Waals surface area contributed by atoms with E-state index in [1.807, 2.05) is 61.5 Å². The normalized spacial score (nSPS) is 11.2. The zero-order valence-electron chi connectivity index (χ0n) is 22.2. The molecule has 0 heterocycles. The van der Waals surface area contributed by atoms with E-state index >= 15 is 0 Å². The summed E-state index contributed by atoms with van der Waals surface area (Å²) in [5, 5.41) is 0. The van der Waals surface area contributed by atoms with E-state index in [0.717, 1.165) is 29.5 Å². The highest BCUT2D eigenvalue weighted by molar-refractivity contribution is 5.82. The Morgan fingerprint density at radius 1 is 0.906 bits per heavy atom. The van der Waals surface area contributed by atoms with Crippen molar-refractivity contribution >= 4 is 17.5 Å². The van der Waals surface area contributed by atoms with Crippen molar-refractivity contribution in [2.45, 2.75) is 113 Å². The van der Waals surface area contributed by atoms with Gasteiger partial charge in [-0.2, -0.15) is 0 Å². The molecule has 0 aliphatic heterocycles. The summed E-state index contributed by atoms with van der Waals surface area (Å²) in [5.74, 6) is 1.10. The van der Waals surface area contributed by atoms with Gasteiger partial charge in [0.2, 0.25) is 0 Å². The second-order valence-corrected chi connectivity index (χ2v) is 10.2. The largest absolute Gasteiger partial charge is 0.426 e. The van der Waals surface area contributed by atoms with Crippen LogP contribution in [0.4, 0.5) is 0 Å². The maximum Gasteiger partial charge on any atom is 0.308 e. The third kappa shape index (κ3) is 11.1. The van der Waals surface area contributed by atoms with E-state index in [2.05, 4.69) is 13.0 Å². The van der Waals surface area contributed by atoms with Crippen molar-refractivity contribution in [2.75, 3.05) is 0 Å². The summed E-state index contributed by atoms with van der Waals surface area (Å²) in [6.45, 7) is 19.4. The first-order valence-electron chi connectivity index (χ1n) is 12.1. The third-order valence-corrected chi connectivity index (χ3v) is 5.55. The van der Waals surface area contributed by atoms with Crippen LogP contribution in [0.5, 0.6) is 5.75 Å². The summed E-state index contributed by atoms with van der Waals surface area (Å²) in [7, 11) is 0. The number of hydrogen-bond acceptors (Lipinski definition) is 4. The molecule has 0 bridgehead atoms. The molecule has 4 nitrogen and oxygen atoms in total. The Hall–Kier alpha value is -1.97. The van der Waals surface area contributed by atoms with Crippen LogP contribution < -0.4 is 4.74 Å². The number of rotatable bonds is 11. The SMILES string of the molecule is CC(=O)Oc1cc(C)cc(C)c1C(C)(C)CC(=O)C(C)C.CCCCCCC(=O)C(C)C. The van der Waals surface area contributed by atoms with Crippen molar-refractivity contribution in [2.24, 2.45) is 11.8 Å². The first kappa shape index (κ1) is 30.0. The number of carbonyl (C=O) groups excluding carboxylic acids is 3. The minimum absolute atomic E-state index is 0.00667. The fourth-order valence-corrected chi connectivity index (χ4v) is 3.77. The first-order chi connectivity index (χ1) is 14.7. The number of ketones is 2. The number of ether oxygens (including phenoxy) is 1. The Kier molecular flexibility index (Phi) is 13.4. The van der Waals surface area contributed by atoms with Gasteiger partial charge in [-0.25, -0.2) is 0 Å². The van der Waals surface area contributed by atoms with Crippen LogP contribution in [0.15, 0.2) is 12.1 Å². The fourth-order valence-electron chi connectivity index (χ4n) is 3.77. The molecule has 0 spiro atoms. The molecular weight excluding hydrogens is 400 g/mol. The molecule has 32 heavy (non-hydrogen) atoms. The van der Waals surface area contributed by atoms with Gasteiger partial charge in [-0.15, -0.1) is 0 Å². The molecule has 0 aromatic heterocycles. The van der Waals surface area contributed by atoms with Crippen LogP contribution in [0.3, 0.4) is 0 Å². The number of hydrogen-bond donors (Lipinski definition) is 0. The molecule has 0 radical (unpaired) electrons. The number of unbranched alkanes of at least 4 members (excludes halogenated alkanes) is 3. The lowest BCUT2D eigenvalue weighted by Gasteiger charge is -2.29. The summed E-state index contributed by atoms with van der Waals surface area (Å²) in [4.78, 5) is 34.6. The molecule has 0 saturated carbocycles. The molecule has 0 aliphatic rings. The van der Waals surface area contributed by atoms with Crippen LogP contribution in [-0.4, -0.2) is 17.5 Å². The molecule has 0 atom stereocenters. The molecule has 0 saturated heterocycles. The zero-order chi connectivity index (χ0) is 25.1. The van der Waals surface area contributed by atoms with Gasteiger partial charge in [0.25, 0.3) is 0 Å². The maximum absolute atomic E-state index is 12.1. The molecule has 1 rings (SSSR count). The lowest BCUT2D eigenvalue weighted by atomic mass is 9.76. The molecule has 0 fully saturated rings. The lowest BCUT2D eigenvalue weighted by molar-refractivity contribution is -0.132. The summed E-state index contributed by atoms with van der Waals surface area (Å²) < 4.78 is 5.39. The predicted octanol–water partition coefficient (Wildman–Crippen LogP) is 7.30. The first-order valence-corrected chi connectivity index (χ1v) is 12.1. The maximum atomic E-state index is 12.1. The van der Waals surface area contributed by atoms with E-state index in [9.17, 15) is 14.4 Å². The van der Waals surface area contributed by atoms with Gasteiger partial charge in [0, 0.05) is 42.6 Å². The van der Waals surface area contributed by atoms with Gasteiger partial charge in [0.05, 0.1) is 0 Å². The molecule has 0 amide bonds. The minimum Gasteiger partial charge on any atom is -0.426 e. The van der Waals surface area contributed by atoms with Gasteiger partial charge in [-0.3, -0.25) is 14.4 Å². The number of esters is 1. The van der Waals surface area contributed by atoms with Gasteiger partial charge in [0.1, 0.15) is 17.3 Å². The summed E-state index contributed by atoms with van der Waals surface area (Å²) >= 11 is 0. The summed E-state index contributed by atoms with van der Waals surface area (Å²) in [6, 6.07) is 3.93. The molecule has 1 aromatic rings. The van der Waals surface area contributed by atoms with Crippen molar-refractivity contribution < 1.29 is 19.1 Å². The zero-order valence-corrected chi connectivity index (χ0v) is 22.2. The van der Waals surface area contributed by atoms with Crippen LogP contribution in [0.25, 0.3) is 0 Å². The Balaban J connectivity index is 0.000000739. The standard InChI is InChI=1S/C18H26O3.C10H20O/c1-11(2)15(20)10-18(6,7)17-13(4)8-12(3)9-16(17)21-14(5)19;1-4-5-6-7-8-10(11)9(2)3/h8-9,11H,10H2,1-7H3;9H,4-8H2,1-3H3. The van der Waals surface area contributed by atoms with Crippen LogP contribution >= 0.6 is 0 Å². The average Bonchev–Trinajstić information content (AvgIpc) is 2.63. The van der Waals surface area contributed by atoms with Crippen molar-refractivity contribution in [3.63, 3.8) is 0 Å². The second-order valence-electron chi connectivity index (χ2n) is 10.2. The van der Waals surface area contributed by atoms with E-state index in [4.69, 9.17) is 4.74 Å². The monoisotopic (exact) mass is 446 g/mol. The molecule has 4 heteroatoms. The van der Waals surface area contributed by atoms with Crippen LogP contribution in [0.1, 0.15) is 111 Å². The molecule has 0 unspecified atom stereocenters. The van der Waals surface area contributed by atoms with Gasteiger partial charge in [-0.1, -0.05) is 73.8 Å². The number of benzene rings is 1. The quantitative estimate of drug-likeness (QED) is 0.203. The third-order valence-electron chi connectivity index (χ3n) is 5.55. The van der Waals surface area contributed by atoms with E-state index in [1.165, 1.54) is 26.2 Å². The van der Waals surface area contributed by atoms with Gasteiger partial charge >= 0.3 is 5.97 Å². The minimum atomic E-state index is -0.371. The Labute approximate surface area is 196 Å². The van der Waals surface area contributed by atoms with Crippen molar-refractivity contribution in [3.8, 4) is 5.75 Å². The van der Waals surface area contributed by atoms with E-state index < -0.39 is 0 Å². The Morgan fingerprint density at radius 3 is 1.94 bits per heavy atom. The highest BCUT2D eigenvalue weighted by atomic mass is 16.5. The second kappa shape index (κ2) is 14.2.